The van der Waals surface area contributed by atoms with Crippen molar-refractivity contribution < 1.29 is 28.9 Å². The molecule has 1 N–H and O–H groups in total. The summed E-state index contributed by atoms with van der Waals surface area (Å²) in [6.45, 7) is -0.759. The van der Waals surface area contributed by atoms with E-state index in [1.54, 1.807) is 12.1 Å². The Bertz CT molecular complexity index is 1190. The van der Waals surface area contributed by atoms with Gasteiger partial charge in [0.25, 0.3) is 0 Å². The van der Waals surface area contributed by atoms with Gasteiger partial charge in [-0.1, -0.05) is 23.2 Å². The van der Waals surface area contributed by atoms with Gasteiger partial charge in [0.15, 0.2) is 30.5 Å². The topological polar surface area (TPSA) is 106 Å². The third kappa shape index (κ3) is 6.38. The van der Waals surface area contributed by atoms with Crippen molar-refractivity contribution in [1.29, 1.82) is 5.26 Å². The molecular formula is C23H15Cl2NO6. The maximum Gasteiger partial charge on any atom is 0.341 e. The molecule has 0 aliphatic rings. The van der Waals surface area contributed by atoms with Gasteiger partial charge in [0, 0.05) is 21.7 Å². The number of rotatable bonds is 9. The molecule has 7 nitrogen and oxygen atoms in total. The van der Waals surface area contributed by atoms with Gasteiger partial charge in [0.05, 0.1) is 11.6 Å². The van der Waals surface area contributed by atoms with E-state index in [2.05, 4.69) is 0 Å². The van der Waals surface area contributed by atoms with Crippen LogP contribution in [0.25, 0.3) is 0 Å². The first-order valence-electron chi connectivity index (χ1n) is 9.13. The Kier molecular flexibility index (Phi) is 7.55. The van der Waals surface area contributed by atoms with Gasteiger partial charge >= 0.3 is 5.97 Å². The summed E-state index contributed by atoms with van der Waals surface area (Å²) in [5.74, 6) is -0.260. The standard InChI is InChI=1S/C23H15Cl2NO6/c24-16-3-6-21(22(10-16)32-19-8-14(11-26)7-17(25)9-19)31-12-20(27)15-1-4-18(5-2-15)30-13-23(28)29/h1-10H,12-13H2,(H,28,29). The minimum Gasteiger partial charge on any atom is -0.482 e. The molecule has 0 spiro atoms. The second-order valence-corrected chi connectivity index (χ2v) is 7.27. The Morgan fingerprint density at radius 3 is 2.28 bits per heavy atom. The summed E-state index contributed by atoms with van der Waals surface area (Å²) in [6, 6.07) is 17.2. The number of Topliss-reactive ketones (excluding diaryl/α,β-unsaturated/α-hetero) is 1. The van der Waals surface area contributed by atoms with Crippen LogP contribution in [-0.2, 0) is 4.79 Å². The van der Waals surface area contributed by atoms with E-state index in [0.717, 1.165) is 0 Å². The van der Waals surface area contributed by atoms with E-state index < -0.39 is 12.6 Å². The fourth-order valence-corrected chi connectivity index (χ4v) is 2.99. The molecule has 0 amide bonds. The molecule has 0 aromatic heterocycles. The van der Waals surface area contributed by atoms with Crippen LogP contribution in [0.5, 0.6) is 23.0 Å². The Morgan fingerprint density at radius 1 is 0.844 bits per heavy atom. The van der Waals surface area contributed by atoms with Gasteiger partial charge in [-0.15, -0.1) is 0 Å². The number of carboxylic acids is 1. The van der Waals surface area contributed by atoms with E-state index in [-0.39, 0.29) is 23.9 Å². The first-order valence-corrected chi connectivity index (χ1v) is 9.88. The Hall–Kier alpha value is -3.73. The lowest BCUT2D eigenvalue weighted by Crippen LogP contribution is -2.12. The summed E-state index contributed by atoms with van der Waals surface area (Å²) < 4.78 is 16.5. The SMILES string of the molecule is N#Cc1cc(Cl)cc(Oc2cc(Cl)ccc2OCC(=O)c2ccc(OCC(=O)O)cc2)c1. The van der Waals surface area contributed by atoms with Crippen LogP contribution < -0.4 is 14.2 Å². The molecule has 0 aliphatic heterocycles. The van der Waals surface area contributed by atoms with Gasteiger partial charge in [0.1, 0.15) is 11.5 Å². The number of ether oxygens (including phenoxy) is 3. The average Bonchev–Trinajstić information content (AvgIpc) is 2.77. The number of nitriles is 1. The van der Waals surface area contributed by atoms with E-state index in [1.165, 1.54) is 48.5 Å². The normalized spacial score (nSPS) is 10.2. The highest BCUT2D eigenvalue weighted by Crippen LogP contribution is 2.35. The van der Waals surface area contributed by atoms with Crippen LogP contribution in [0.3, 0.4) is 0 Å². The predicted octanol–water partition coefficient (Wildman–Crippen LogP) is 5.38. The molecule has 32 heavy (non-hydrogen) atoms. The summed E-state index contributed by atoms with van der Waals surface area (Å²) in [7, 11) is 0. The molecule has 3 aromatic carbocycles. The van der Waals surface area contributed by atoms with Gasteiger partial charge in [-0.05, 0) is 54.6 Å². The van der Waals surface area contributed by atoms with E-state index >= 15 is 0 Å². The Balaban J connectivity index is 1.70. The van der Waals surface area contributed by atoms with Crippen molar-refractivity contribution in [1.82, 2.24) is 0 Å². The molecule has 0 radical (unpaired) electrons. The number of benzene rings is 3. The molecule has 0 saturated heterocycles. The fraction of sp³-hybridized carbons (Fsp3) is 0.0870. The third-order valence-corrected chi connectivity index (χ3v) is 4.48. The lowest BCUT2D eigenvalue weighted by Gasteiger charge is -2.13. The van der Waals surface area contributed by atoms with Gasteiger partial charge in [0.2, 0.25) is 0 Å². The second kappa shape index (κ2) is 10.5. The number of ketones is 1. The summed E-state index contributed by atoms with van der Waals surface area (Å²) in [4.78, 5) is 23.0. The average molecular weight is 472 g/mol. The van der Waals surface area contributed by atoms with Crippen molar-refractivity contribution in [3.05, 3.63) is 81.8 Å². The molecule has 0 atom stereocenters. The van der Waals surface area contributed by atoms with Crippen molar-refractivity contribution in [2.75, 3.05) is 13.2 Å². The van der Waals surface area contributed by atoms with Gasteiger partial charge in [-0.25, -0.2) is 4.79 Å². The number of hydrogen-bond donors (Lipinski definition) is 1. The second-order valence-electron chi connectivity index (χ2n) is 6.40. The zero-order chi connectivity index (χ0) is 23.1. The maximum atomic E-state index is 12.5. The number of nitrogens with zero attached hydrogens (tertiary/aromatic N) is 1. The lowest BCUT2D eigenvalue weighted by atomic mass is 10.1. The van der Waals surface area contributed by atoms with Crippen molar-refractivity contribution in [3.63, 3.8) is 0 Å². The number of hydrogen-bond acceptors (Lipinski definition) is 6. The van der Waals surface area contributed by atoms with Crippen LogP contribution >= 0.6 is 23.2 Å². The van der Waals surface area contributed by atoms with Crippen LogP contribution in [0, 0.1) is 11.3 Å². The molecule has 0 fully saturated rings. The first-order chi connectivity index (χ1) is 15.3. The van der Waals surface area contributed by atoms with E-state index in [1.807, 2.05) is 6.07 Å². The predicted molar refractivity (Wildman–Crippen MR) is 117 cm³/mol. The van der Waals surface area contributed by atoms with E-state index in [9.17, 15) is 9.59 Å². The van der Waals surface area contributed by atoms with Gasteiger partial charge in [-0.3, -0.25) is 4.79 Å². The minimum atomic E-state index is -1.10. The van der Waals surface area contributed by atoms with Crippen molar-refractivity contribution in [2.45, 2.75) is 0 Å². The number of aliphatic carboxylic acids is 1. The molecule has 0 unspecified atom stereocenters. The highest BCUT2D eigenvalue weighted by Gasteiger charge is 2.13. The smallest absolute Gasteiger partial charge is 0.341 e. The Morgan fingerprint density at radius 2 is 1.59 bits per heavy atom. The molecular weight excluding hydrogens is 457 g/mol. The molecule has 162 valence electrons. The summed E-state index contributed by atoms with van der Waals surface area (Å²) >= 11 is 12.1. The first kappa shape index (κ1) is 22.9. The van der Waals surface area contributed by atoms with Crippen LogP contribution in [-0.4, -0.2) is 30.1 Å². The lowest BCUT2D eigenvalue weighted by molar-refractivity contribution is -0.139. The monoisotopic (exact) mass is 471 g/mol. The molecule has 0 heterocycles. The van der Waals surface area contributed by atoms with Crippen LogP contribution in [0.4, 0.5) is 0 Å². The van der Waals surface area contributed by atoms with E-state index in [4.69, 9.17) is 47.8 Å². The van der Waals surface area contributed by atoms with Crippen LogP contribution in [0.1, 0.15) is 15.9 Å². The highest BCUT2D eigenvalue weighted by atomic mass is 35.5. The van der Waals surface area contributed by atoms with Crippen molar-refractivity contribution >= 4 is 35.0 Å². The zero-order valence-corrected chi connectivity index (χ0v) is 17.9. The molecule has 0 aliphatic carbocycles. The summed E-state index contributed by atoms with van der Waals surface area (Å²) in [6.07, 6.45) is 0. The van der Waals surface area contributed by atoms with Crippen molar-refractivity contribution in [3.8, 4) is 29.1 Å². The summed E-state index contributed by atoms with van der Waals surface area (Å²) in [5.41, 5.74) is 0.681. The highest BCUT2D eigenvalue weighted by molar-refractivity contribution is 6.31. The van der Waals surface area contributed by atoms with Crippen LogP contribution in [0.15, 0.2) is 60.7 Å². The molecule has 9 heteroatoms. The fourth-order valence-electron chi connectivity index (χ4n) is 2.60. The quantitative estimate of drug-likeness (QED) is 0.417. The number of halogens is 2. The number of carbonyl (C=O) groups is 2. The van der Waals surface area contributed by atoms with Gasteiger partial charge < -0.3 is 19.3 Å². The van der Waals surface area contributed by atoms with Crippen LogP contribution in [0.2, 0.25) is 10.0 Å². The minimum absolute atomic E-state index is 0.244. The van der Waals surface area contributed by atoms with Crippen molar-refractivity contribution in [2.24, 2.45) is 0 Å². The molecule has 0 saturated carbocycles. The number of carbonyl (C=O) groups excluding carboxylic acids is 1. The molecule has 3 rings (SSSR count). The molecule has 3 aromatic rings. The van der Waals surface area contributed by atoms with E-state index in [0.29, 0.717) is 32.7 Å². The Labute approximate surface area is 193 Å². The largest absolute Gasteiger partial charge is 0.482 e. The number of carboxylic acid groups (broad SMARTS) is 1. The third-order valence-electron chi connectivity index (χ3n) is 4.03. The van der Waals surface area contributed by atoms with Gasteiger partial charge in [-0.2, -0.15) is 5.26 Å². The molecule has 0 bridgehead atoms. The maximum absolute atomic E-state index is 12.5. The summed E-state index contributed by atoms with van der Waals surface area (Å²) in [5, 5.41) is 18.4. The zero-order valence-electron chi connectivity index (χ0n) is 16.4.